The molecule has 88 valence electrons. The third kappa shape index (κ3) is 2.10. The number of aromatic hydroxyl groups is 1. The molecule has 0 amide bonds. The molecule has 2 aromatic carbocycles. The Bertz CT molecular complexity index is 552. The van der Waals surface area contributed by atoms with Crippen molar-refractivity contribution < 1.29 is 5.11 Å². The number of phenolic OH excluding ortho intramolecular Hbond substituents is 1. The molecule has 6 N–H and O–H groups in total. The molecule has 0 aromatic heterocycles. The summed E-state index contributed by atoms with van der Waals surface area (Å²) in [5.74, 6) is 0.166. The van der Waals surface area contributed by atoms with Gasteiger partial charge in [-0.15, -0.1) is 0 Å². The number of hydrogen-bond acceptors (Lipinski definition) is 4. The lowest BCUT2D eigenvalue weighted by atomic mass is 10.0. The molecule has 0 aliphatic rings. The number of benzene rings is 2. The number of nitrogens with two attached hydrogens (primary N) is 2. The van der Waals surface area contributed by atoms with Gasteiger partial charge in [-0.25, -0.2) is 0 Å². The minimum absolute atomic E-state index is 0.166. The highest BCUT2D eigenvalue weighted by atomic mass is 16.3. The molecule has 0 saturated heterocycles. The van der Waals surface area contributed by atoms with Crippen LogP contribution >= 0.6 is 0 Å². The van der Waals surface area contributed by atoms with Gasteiger partial charge >= 0.3 is 0 Å². The lowest BCUT2D eigenvalue weighted by Gasteiger charge is -2.11. The zero-order valence-corrected chi connectivity index (χ0v) is 9.57. The van der Waals surface area contributed by atoms with Crippen LogP contribution in [0.2, 0.25) is 0 Å². The molecule has 4 nitrogen and oxygen atoms in total. The van der Waals surface area contributed by atoms with E-state index in [0.717, 1.165) is 11.3 Å². The summed E-state index contributed by atoms with van der Waals surface area (Å²) in [5, 5.41) is 12.9. The van der Waals surface area contributed by atoms with Crippen molar-refractivity contribution in [1.82, 2.24) is 0 Å². The zero-order valence-electron chi connectivity index (χ0n) is 9.57. The fourth-order valence-corrected chi connectivity index (χ4v) is 1.71. The van der Waals surface area contributed by atoms with Crippen LogP contribution in [0.3, 0.4) is 0 Å². The zero-order chi connectivity index (χ0) is 12.4. The number of anilines is 3. The molecule has 0 atom stereocenters. The molecule has 2 aromatic rings. The first-order chi connectivity index (χ1) is 8.11. The van der Waals surface area contributed by atoms with Crippen molar-refractivity contribution in [1.29, 1.82) is 0 Å². The third-order valence-corrected chi connectivity index (χ3v) is 2.65. The Labute approximate surface area is 99.9 Å². The molecule has 0 fully saturated rings. The predicted molar refractivity (Wildman–Crippen MR) is 71.9 cm³/mol. The van der Waals surface area contributed by atoms with Crippen LogP contribution in [0.4, 0.5) is 17.1 Å². The first-order valence-corrected chi connectivity index (χ1v) is 5.28. The summed E-state index contributed by atoms with van der Waals surface area (Å²) in [6, 6.07) is 10.5. The standard InChI is InChI=1S/C13H15N3O/c1-16-9-3-4-12(15)10(7-9)11-6-8(14)2-5-13(11)17/h2-7,16-17H,14-15H2,1H3. The molecule has 0 unspecified atom stereocenters. The molecule has 0 bridgehead atoms. The van der Waals surface area contributed by atoms with E-state index in [2.05, 4.69) is 5.32 Å². The molecule has 0 aliphatic heterocycles. The highest BCUT2D eigenvalue weighted by molar-refractivity contribution is 5.84. The van der Waals surface area contributed by atoms with Crippen molar-refractivity contribution in [3.05, 3.63) is 36.4 Å². The van der Waals surface area contributed by atoms with Crippen molar-refractivity contribution >= 4 is 17.1 Å². The lowest BCUT2D eigenvalue weighted by molar-refractivity contribution is 0.477. The van der Waals surface area contributed by atoms with Crippen molar-refractivity contribution in [2.75, 3.05) is 23.8 Å². The van der Waals surface area contributed by atoms with Gasteiger partial charge in [0.15, 0.2) is 0 Å². The maximum absolute atomic E-state index is 9.84. The van der Waals surface area contributed by atoms with Crippen LogP contribution in [-0.2, 0) is 0 Å². The van der Waals surface area contributed by atoms with Crippen LogP contribution in [0.15, 0.2) is 36.4 Å². The first kappa shape index (κ1) is 11.1. The summed E-state index contributed by atoms with van der Waals surface area (Å²) in [6.45, 7) is 0. The highest BCUT2D eigenvalue weighted by Crippen LogP contribution is 2.35. The van der Waals surface area contributed by atoms with Gasteiger partial charge in [0.25, 0.3) is 0 Å². The van der Waals surface area contributed by atoms with Crippen LogP contribution in [-0.4, -0.2) is 12.2 Å². The second-order valence-corrected chi connectivity index (χ2v) is 3.83. The van der Waals surface area contributed by atoms with Crippen LogP contribution in [0.5, 0.6) is 5.75 Å². The molecule has 0 aliphatic carbocycles. The molecule has 0 saturated carbocycles. The Hall–Kier alpha value is -2.36. The molecule has 17 heavy (non-hydrogen) atoms. The van der Waals surface area contributed by atoms with Crippen LogP contribution < -0.4 is 16.8 Å². The van der Waals surface area contributed by atoms with E-state index in [1.807, 2.05) is 19.2 Å². The van der Waals surface area contributed by atoms with Gasteiger partial charge in [-0.1, -0.05) is 0 Å². The summed E-state index contributed by atoms with van der Waals surface area (Å²) < 4.78 is 0. The molecular formula is C13H15N3O. The summed E-state index contributed by atoms with van der Waals surface area (Å²) >= 11 is 0. The second kappa shape index (κ2) is 4.25. The van der Waals surface area contributed by atoms with Gasteiger partial charge in [-0.05, 0) is 36.4 Å². The maximum atomic E-state index is 9.84. The molecular weight excluding hydrogens is 214 g/mol. The van der Waals surface area contributed by atoms with Gasteiger partial charge in [-0.3, -0.25) is 0 Å². The number of hydrogen-bond donors (Lipinski definition) is 4. The van der Waals surface area contributed by atoms with Gasteiger partial charge in [0.2, 0.25) is 0 Å². The fraction of sp³-hybridized carbons (Fsp3) is 0.0769. The maximum Gasteiger partial charge on any atom is 0.123 e. The largest absolute Gasteiger partial charge is 0.507 e. The first-order valence-electron chi connectivity index (χ1n) is 5.28. The van der Waals surface area contributed by atoms with Gasteiger partial charge in [-0.2, -0.15) is 0 Å². The van der Waals surface area contributed by atoms with E-state index < -0.39 is 0 Å². The molecule has 2 rings (SSSR count). The minimum atomic E-state index is 0.166. The van der Waals surface area contributed by atoms with Gasteiger partial charge in [0.1, 0.15) is 5.75 Å². The monoisotopic (exact) mass is 229 g/mol. The normalized spacial score (nSPS) is 10.2. The van der Waals surface area contributed by atoms with Crippen molar-refractivity contribution in [3.63, 3.8) is 0 Å². The summed E-state index contributed by atoms with van der Waals surface area (Å²) in [5.41, 5.74) is 15.2. The van der Waals surface area contributed by atoms with Crippen molar-refractivity contribution in [2.24, 2.45) is 0 Å². The Kier molecular flexibility index (Phi) is 2.78. The van der Waals surface area contributed by atoms with Gasteiger partial charge in [0, 0.05) is 35.2 Å². The highest BCUT2D eigenvalue weighted by Gasteiger charge is 2.09. The van der Waals surface area contributed by atoms with E-state index in [9.17, 15) is 5.11 Å². The Morgan fingerprint density at radius 1 is 1.00 bits per heavy atom. The fourth-order valence-electron chi connectivity index (χ4n) is 1.71. The quantitative estimate of drug-likeness (QED) is 0.470. The van der Waals surface area contributed by atoms with Gasteiger partial charge < -0.3 is 21.9 Å². The van der Waals surface area contributed by atoms with Crippen molar-refractivity contribution in [2.45, 2.75) is 0 Å². The molecule has 0 radical (unpaired) electrons. The van der Waals surface area contributed by atoms with Crippen LogP contribution in [0.25, 0.3) is 11.1 Å². The van der Waals surface area contributed by atoms with Crippen LogP contribution in [0.1, 0.15) is 0 Å². The van der Waals surface area contributed by atoms with E-state index in [1.165, 1.54) is 0 Å². The van der Waals surface area contributed by atoms with E-state index >= 15 is 0 Å². The molecule has 0 heterocycles. The number of nitrogens with one attached hydrogen (secondary N) is 1. The average molecular weight is 229 g/mol. The minimum Gasteiger partial charge on any atom is -0.507 e. The lowest BCUT2D eigenvalue weighted by Crippen LogP contribution is -1.95. The average Bonchev–Trinajstić information content (AvgIpc) is 2.33. The van der Waals surface area contributed by atoms with E-state index in [-0.39, 0.29) is 5.75 Å². The smallest absolute Gasteiger partial charge is 0.123 e. The van der Waals surface area contributed by atoms with E-state index in [4.69, 9.17) is 11.5 Å². The summed E-state index contributed by atoms with van der Waals surface area (Å²) in [7, 11) is 1.83. The topological polar surface area (TPSA) is 84.3 Å². The summed E-state index contributed by atoms with van der Waals surface area (Å²) in [4.78, 5) is 0. The Balaban J connectivity index is 2.62. The van der Waals surface area contributed by atoms with Gasteiger partial charge in [0.05, 0.1) is 0 Å². The Morgan fingerprint density at radius 2 is 1.76 bits per heavy atom. The number of phenols is 1. The van der Waals surface area contributed by atoms with E-state index in [1.54, 1.807) is 24.3 Å². The van der Waals surface area contributed by atoms with E-state index in [0.29, 0.717) is 16.9 Å². The van der Waals surface area contributed by atoms with Crippen LogP contribution in [0, 0.1) is 0 Å². The number of nitrogen functional groups attached to an aromatic ring is 2. The van der Waals surface area contributed by atoms with Crippen molar-refractivity contribution in [3.8, 4) is 16.9 Å². The SMILES string of the molecule is CNc1ccc(N)c(-c2cc(N)ccc2O)c1. The third-order valence-electron chi connectivity index (χ3n) is 2.65. The second-order valence-electron chi connectivity index (χ2n) is 3.83. The summed E-state index contributed by atoms with van der Waals surface area (Å²) in [6.07, 6.45) is 0. The molecule has 0 spiro atoms. The predicted octanol–water partition coefficient (Wildman–Crippen LogP) is 2.27. The Morgan fingerprint density at radius 3 is 2.47 bits per heavy atom. The number of rotatable bonds is 2. The molecule has 4 heteroatoms.